The number of benzene rings is 5. The van der Waals surface area contributed by atoms with Crippen LogP contribution in [0.1, 0.15) is 25.0 Å². The zero-order chi connectivity index (χ0) is 24.0. The van der Waals surface area contributed by atoms with Crippen LogP contribution in [0.25, 0.3) is 60.3 Å². The van der Waals surface area contributed by atoms with Crippen molar-refractivity contribution >= 4 is 43.5 Å². The number of fused-ring (bicyclic) bond motifs is 10. The van der Waals surface area contributed by atoms with E-state index in [-0.39, 0.29) is 5.41 Å². The number of para-hydroxylation sites is 2. The van der Waals surface area contributed by atoms with Crippen molar-refractivity contribution < 1.29 is 0 Å². The third-order valence-electron chi connectivity index (χ3n) is 8.16. The first-order valence-corrected chi connectivity index (χ1v) is 12.6. The molecule has 0 atom stereocenters. The van der Waals surface area contributed by atoms with Gasteiger partial charge in [-0.05, 0) is 57.3 Å². The summed E-state index contributed by atoms with van der Waals surface area (Å²) >= 11 is 0. The van der Waals surface area contributed by atoms with Gasteiger partial charge in [-0.25, -0.2) is 0 Å². The van der Waals surface area contributed by atoms with E-state index in [4.69, 9.17) is 4.98 Å². The summed E-state index contributed by atoms with van der Waals surface area (Å²) in [4.78, 5) is 4.80. The van der Waals surface area contributed by atoms with Crippen LogP contribution in [-0.4, -0.2) is 9.55 Å². The highest BCUT2D eigenvalue weighted by atomic mass is 15.0. The molecule has 8 rings (SSSR count). The van der Waals surface area contributed by atoms with E-state index in [0.717, 1.165) is 16.6 Å². The minimum absolute atomic E-state index is 0.128. The molecule has 0 amide bonds. The molecular weight excluding hydrogens is 436 g/mol. The van der Waals surface area contributed by atoms with Crippen molar-refractivity contribution in [2.45, 2.75) is 19.3 Å². The lowest BCUT2D eigenvalue weighted by Gasteiger charge is -2.24. The molecule has 0 spiro atoms. The predicted molar refractivity (Wildman–Crippen MR) is 151 cm³/mol. The van der Waals surface area contributed by atoms with Gasteiger partial charge in [0.1, 0.15) is 0 Å². The zero-order valence-electron chi connectivity index (χ0n) is 20.3. The first-order chi connectivity index (χ1) is 17.6. The number of rotatable bonds is 1. The maximum atomic E-state index is 4.80. The molecule has 2 heteroatoms. The van der Waals surface area contributed by atoms with Crippen LogP contribution in [0.15, 0.2) is 109 Å². The van der Waals surface area contributed by atoms with E-state index in [1.165, 1.54) is 54.8 Å². The van der Waals surface area contributed by atoms with Crippen LogP contribution in [0.3, 0.4) is 0 Å². The Morgan fingerprint density at radius 2 is 1.31 bits per heavy atom. The normalized spacial score (nSPS) is 14.1. The molecule has 0 radical (unpaired) electrons. The van der Waals surface area contributed by atoms with Crippen molar-refractivity contribution in [2.24, 2.45) is 0 Å². The Morgan fingerprint density at radius 3 is 2.22 bits per heavy atom. The first kappa shape index (κ1) is 19.8. The van der Waals surface area contributed by atoms with Gasteiger partial charge in [-0.2, -0.15) is 0 Å². The lowest BCUT2D eigenvalue weighted by molar-refractivity contribution is 0.672. The Balaban J connectivity index is 1.55. The molecule has 1 aliphatic carbocycles. The summed E-state index contributed by atoms with van der Waals surface area (Å²) in [5.41, 5.74) is 10.0. The molecule has 0 bridgehead atoms. The van der Waals surface area contributed by atoms with Crippen molar-refractivity contribution in [3.63, 3.8) is 0 Å². The Labute approximate surface area is 209 Å². The number of hydrogen-bond acceptors (Lipinski definition) is 1. The van der Waals surface area contributed by atoms with Crippen LogP contribution in [0.2, 0.25) is 0 Å². The fraction of sp³-hybridized carbons (Fsp3) is 0.0882. The van der Waals surface area contributed by atoms with Crippen LogP contribution in [-0.2, 0) is 5.41 Å². The van der Waals surface area contributed by atoms with E-state index in [1.54, 1.807) is 0 Å². The molecule has 170 valence electrons. The van der Waals surface area contributed by atoms with Crippen molar-refractivity contribution in [2.75, 3.05) is 0 Å². The third kappa shape index (κ3) is 2.39. The van der Waals surface area contributed by atoms with Gasteiger partial charge in [0.2, 0.25) is 0 Å². The van der Waals surface area contributed by atoms with Crippen molar-refractivity contribution in [3.05, 3.63) is 120 Å². The number of pyridine rings is 1. The van der Waals surface area contributed by atoms with E-state index < -0.39 is 0 Å². The van der Waals surface area contributed by atoms with E-state index in [0.29, 0.717) is 0 Å². The Morgan fingerprint density at radius 1 is 0.583 bits per heavy atom. The molecule has 1 aliphatic rings. The fourth-order valence-electron chi connectivity index (χ4n) is 6.76. The van der Waals surface area contributed by atoms with Gasteiger partial charge in [-0.15, -0.1) is 0 Å². The number of hydrogen-bond donors (Lipinski definition) is 0. The smallest absolute Gasteiger partial charge is 0.0942 e. The highest BCUT2D eigenvalue weighted by Gasteiger charge is 2.39. The summed E-state index contributed by atoms with van der Waals surface area (Å²) in [6.45, 7) is 4.80. The second kappa shape index (κ2) is 6.83. The Hall–Kier alpha value is -4.43. The van der Waals surface area contributed by atoms with Gasteiger partial charge in [0, 0.05) is 27.8 Å². The second-order valence-corrected chi connectivity index (χ2v) is 10.4. The molecule has 0 fully saturated rings. The molecule has 2 nitrogen and oxygen atoms in total. The van der Waals surface area contributed by atoms with E-state index in [2.05, 4.69) is 115 Å². The second-order valence-electron chi connectivity index (χ2n) is 10.4. The van der Waals surface area contributed by atoms with Crippen molar-refractivity contribution in [1.29, 1.82) is 0 Å². The van der Waals surface area contributed by atoms with Crippen LogP contribution in [0, 0.1) is 0 Å². The van der Waals surface area contributed by atoms with Crippen LogP contribution < -0.4 is 0 Å². The molecule has 0 saturated heterocycles. The highest BCUT2D eigenvalue weighted by molar-refractivity contribution is 6.16. The molecule has 2 aromatic heterocycles. The van der Waals surface area contributed by atoms with Gasteiger partial charge in [-0.1, -0.05) is 92.7 Å². The van der Waals surface area contributed by atoms with Gasteiger partial charge >= 0.3 is 0 Å². The zero-order valence-corrected chi connectivity index (χ0v) is 20.3. The molecule has 2 heterocycles. The topological polar surface area (TPSA) is 17.8 Å². The number of nitrogens with zero attached hydrogens (tertiary/aromatic N) is 2. The molecule has 0 saturated carbocycles. The van der Waals surface area contributed by atoms with Crippen LogP contribution >= 0.6 is 0 Å². The summed E-state index contributed by atoms with van der Waals surface area (Å²) in [6, 6.07) is 37.5. The quantitative estimate of drug-likeness (QED) is 0.239. The average Bonchev–Trinajstić information content (AvgIpc) is 3.37. The summed E-state index contributed by atoms with van der Waals surface area (Å²) < 4.78 is 2.41. The van der Waals surface area contributed by atoms with E-state index in [9.17, 15) is 0 Å². The molecule has 0 N–H and O–H groups in total. The van der Waals surface area contributed by atoms with Gasteiger partial charge in [0.15, 0.2) is 0 Å². The van der Waals surface area contributed by atoms with Crippen LogP contribution in [0.4, 0.5) is 0 Å². The van der Waals surface area contributed by atoms with Crippen molar-refractivity contribution in [1.82, 2.24) is 9.55 Å². The monoisotopic (exact) mass is 460 g/mol. The van der Waals surface area contributed by atoms with Gasteiger partial charge in [0.25, 0.3) is 0 Å². The summed E-state index contributed by atoms with van der Waals surface area (Å²) in [7, 11) is 0. The summed E-state index contributed by atoms with van der Waals surface area (Å²) in [5, 5.41) is 6.45. The van der Waals surface area contributed by atoms with E-state index >= 15 is 0 Å². The predicted octanol–water partition coefficient (Wildman–Crippen LogP) is 8.79. The molecule has 5 aromatic carbocycles. The maximum Gasteiger partial charge on any atom is 0.0942 e. The summed E-state index contributed by atoms with van der Waals surface area (Å²) in [6.07, 6.45) is 1.89. The lowest BCUT2D eigenvalue weighted by atomic mass is 9.78. The Kier molecular flexibility index (Phi) is 3.76. The maximum absolute atomic E-state index is 4.80. The minimum Gasteiger partial charge on any atom is -0.307 e. The summed E-state index contributed by atoms with van der Waals surface area (Å²) in [5.74, 6) is 0. The lowest BCUT2D eigenvalue weighted by Crippen LogP contribution is -2.16. The first-order valence-electron chi connectivity index (χ1n) is 12.6. The molecule has 0 aliphatic heterocycles. The van der Waals surface area contributed by atoms with Crippen molar-refractivity contribution in [3.8, 4) is 16.8 Å². The van der Waals surface area contributed by atoms with Gasteiger partial charge < -0.3 is 4.57 Å². The molecule has 7 aromatic rings. The largest absolute Gasteiger partial charge is 0.307 e. The fourth-order valence-corrected chi connectivity index (χ4v) is 6.76. The third-order valence-corrected chi connectivity index (χ3v) is 8.16. The van der Waals surface area contributed by atoms with Gasteiger partial charge in [-0.3, -0.25) is 4.98 Å². The standard InChI is InChI=1S/C34H24N2/c1-34(2)31-23-12-4-3-9-21(23)16-17-24(31)25-18-19-28-30(32(25)34)26-13-5-6-14-27(26)36(28)29-15-7-10-22-11-8-20-35-33(22)29/h3-20H,1-2H3. The molecule has 36 heavy (non-hydrogen) atoms. The highest BCUT2D eigenvalue weighted by Crippen LogP contribution is 2.55. The average molecular weight is 461 g/mol. The van der Waals surface area contributed by atoms with E-state index in [1.807, 2.05) is 12.3 Å². The Bertz CT molecular complexity index is 2020. The molecular formula is C34H24N2. The number of aromatic nitrogens is 2. The molecule has 0 unspecified atom stereocenters. The SMILES string of the molecule is CC1(C)c2c(ccc3ccccc23)-c2ccc3c(c21)c1ccccc1n3-c1cccc2cccnc12. The minimum atomic E-state index is -0.128. The van der Waals surface area contributed by atoms with Crippen LogP contribution in [0.5, 0.6) is 0 Å². The van der Waals surface area contributed by atoms with Gasteiger partial charge in [0.05, 0.1) is 22.2 Å².